The number of allylic oxidation sites excluding steroid dienone is 1. The second-order valence-electron chi connectivity index (χ2n) is 15.2. The second kappa shape index (κ2) is 14.7. The molecule has 2 aromatic heterocycles. The number of hydrogen-bond acceptors (Lipinski definition) is 2. The maximum absolute atomic E-state index is 4.92. The van der Waals surface area contributed by atoms with Crippen molar-refractivity contribution in [1.82, 2.24) is 14.5 Å². The first-order chi connectivity index (χ1) is 27.6. The van der Waals surface area contributed by atoms with Crippen LogP contribution in [-0.4, -0.2) is 14.5 Å². The van der Waals surface area contributed by atoms with Gasteiger partial charge in [-0.1, -0.05) is 143 Å². The van der Waals surface area contributed by atoms with Crippen LogP contribution in [0.15, 0.2) is 164 Å². The van der Waals surface area contributed by atoms with Crippen LogP contribution in [0, 0.1) is 5.92 Å². The molecule has 3 heteroatoms. The smallest absolute Gasteiger partial charge is 0.159 e. The Labute approximate surface area is 331 Å². The van der Waals surface area contributed by atoms with Gasteiger partial charge in [-0.3, -0.25) is 0 Å². The van der Waals surface area contributed by atoms with Crippen molar-refractivity contribution in [3.8, 4) is 39.3 Å². The van der Waals surface area contributed by atoms with E-state index >= 15 is 0 Å². The maximum Gasteiger partial charge on any atom is 0.159 e. The summed E-state index contributed by atoms with van der Waals surface area (Å²) < 4.78 is 2.38. The van der Waals surface area contributed by atoms with Crippen LogP contribution in [0.1, 0.15) is 73.2 Å². The van der Waals surface area contributed by atoms with Crippen LogP contribution < -0.4 is 0 Å². The van der Waals surface area contributed by atoms with Gasteiger partial charge in [-0.15, -0.1) is 0 Å². The van der Waals surface area contributed by atoms with E-state index in [1.165, 1.54) is 61.1 Å². The van der Waals surface area contributed by atoms with Gasteiger partial charge in [-0.25, -0.2) is 9.97 Å². The van der Waals surface area contributed by atoms with Crippen molar-refractivity contribution in [3.63, 3.8) is 0 Å². The molecule has 0 atom stereocenters. The fraction of sp³-hybridized carbons (Fsp3) is 0.170. The molecule has 0 amide bonds. The topological polar surface area (TPSA) is 30.7 Å². The summed E-state index contributed by atoms with van der Waals surface area (Å²) in [7, 11) is 0. The molecule has 0 bridgehead atoms. The largest absolute Gasteiger partial charge is 0.310 e. The van der Waals surface area contributed by atoms with Gasteiger partial charge in [-0.05, 0) is 118 Å². The monoisotopic (exact) mass is 725 g/mol. The Kier molecular flexibility index (Phi) is 9.31. The van der Waals surface area contributed by atoms with Crippen LogP contribution in [0.2, 0.25) is 0 Å². The zero-order valence-electron chi connectivity index (χ0n) is 32.7. The maximum atomic E-state index is 4.92. The summed E-state index contributed by atoms with van der Waals surface area (Å²) in [4.78, 5) is 9.83. The third-order valence-electron chi connectivity index (χ3n) is 11.5. The number of fused-ring (bicyclic) bond motifs is 6. The molecule has 0 spiro atoms. The van der Waals surface area contributed by atoms with Gasteiger partial charge in [-0.2, -0.15) is 0 Å². The van der Waals surface area contributed by atoms with E-state index < -0.39 is 5.41 Å². The molecule has 0 radical (unpaired) electrons. The summed E-state index contributed by atoms with van der Waals surface area (Å²) >= 11 is 0. The lowest BCUT2D eigenvalue weighted by Gasteiger charge is -2.34. The zero-order chi connectivity index (χ0) is 38.2. The van der Waals surface area contributed by atoms with Crippen LogP contribution in [0.3, 0.4) is 0 Å². The molecule has 0 N–H and O–H groups in total. The molecule has 0 aliphatic heterocycles. The molecule has 3 nitrogen and oxygen atoms in total. The van der Waals surface area contributed by atoms with E-state index in [2.05, 4.69) is 176 Å². The predicted molar refractivity (Wildman–Crippen MR) is 234 cm³/mol. The van der Waals surface area contributed by atoms with Gasteiger partial charge in [0.15, 0.2) is 5.82 Å². The fourth-order valence-electron chi connectivity index (χ4n) is 9.17. The highest BCUT2D eigenvalue weighted by molar-refractivity contribution is 5.91. The Hall–Kier alpha value is -6.32. The second-order valence-corrected chi connectivity index (χ2v) is 15.2. The van der Waals surface area contributed by atoms with Gasteiger partial charge in [0.2, 0.25) is 0 Å². The summed E-state index contributed by atoms with van der Waals surface area (Å²) in [5.41, 5.74) is 16.9. The van der Waals surface area contributed by atoms with Crippen molar-refractivity contribution in [2.24, 2.45) is 5.92 Å². The molecule has 0 saturated carbocycles. The molecule has 274 valence electrons. The molecule has 56 heavy (non-hydrogen) atoms. The highest BCUT2D eigenvalue weighted by Gasteiger charge is 2.46. The molecule has 0 saturated heterocycles. The van der Waals surface area contributed by atoms with Crippen molar-refractivity contribution in [1.29, 1.82) is 0 Å². The first-order valence-electron chi connectivity index (χ1n) is 20.2. The van der Waals surface area contributed by atoms with E-state index in [1.807, 2.05) is 26.2 Å². The highest BCUT2D eigenvalue weighted by Crippen LogP contribution is 2.56. The first kappa shape index (κ1) is 35.4. The molecule has 0 unspecified atom stereocenters. The summed E-state index contributed by atoms with van der Waals surface area (Å²) in [5, 5.41) is 1.34. The number of rotatable bonds is 7. The fourth-order valence-corrected chi connectivity index (χ4v) is 9.17. The Morgan fingerprint density at radius 3 is 1.98 bits per heavy atom. The minimum Gasteiger partial charge on any atom is -0.310 e. The van der Waals surface area contributed by atoms with Gasteiger partial charge in [0, 0.05) is 40.3 Å². The third kappa shape index (κ3) is 5.81. The summed E-state index contributed by atoms with van der Waals surface area (Å²) in [6.45, 7) is 8.57. The Morgan fingerprint density at radius 1 is 0.625 bits per heavy atom. The Morgan fingerprint density at radius 2 is 1.29 bits per heavy atom. The average Bonchev–Trinajstić information content (AvgIpc) is 3.76. The van der Waals surface area contributed by atoms with Gasteiger partial charge in [0.05, 0.1) is 10.9 Å². The van der Waals surface area contributed by atoms with Gasteiger partial charge in [0.1, 0.15) is 0 Å². The van der Waals surface area contributed by atoms with E-state index in [4.69, 9.17) is 9.97 Å². The molecular weight excluding hydrogens is 679 g/mol. The highest BCUT2D eigenvalue weighted by atomic mass is 15.0. The zero-order valence-corrected chi connectivity index (χ0v) is 32.7. The minimum atomic E-state index is -0.456. The molecule has 10 rings (SSSR count). The summed E-state index contributed by atoms with van der Waals surface area (Å²) in [5.74, 6) is 1.33. The quantitative estimate of drug-likeness (QED) is 0.164. The lowest BCUT2D eigenvalue weighted by atomic mass is 9.67. The van der Waals surface area contributed by atoms with Crippen molar-refractivity contribution >= 4 is 17.0 Å². The molecule has 2 aliphatic rings. The van der Waals surface area contributed by atoms with Crippen molar-refractivity contribution in [2.75, 3.05) is 0 Å². The first-order valence-corrected chi connectivity index (χ1v) is 20.2. The minimum absolute atomic E-state index is 0.456. The lowest BCUT2D eigenvalue weighted by Crippen LogP contribution is -2.28. The van der Waals surface area contributed by atoms with Crippen molar-refractivity contribution < 1.29 is 0 Å². The van der Waals surface area contributed by atoms with Crippen LogP contribution in [0.5, 0.6) is 0 Å². The molecule has 2 heterocycles. The average molecular weight is 726 g/mol. The molecule has 2 aliphatic carbocycles. The predicted octanol–water partition coefficient (Wildman–Crippen LogP) is 13.3. The molecule has 8 aromatic rings. The molecular formula is C53H47N3. The van der Waals surface area contributed by atoms with E-state index in [-0.39, 0.29) is 0 Å². The number of aryl methyl sites for hydroxylation is 1. The molecule has 6 aromatic carbocycles. The van der Waals surface area contributed by atoms with Crippen LogP contribution in [0.4, 0.5) is 0 Å². The summed E-state index contributed by atoms with van der Waals surface area (Å²) in [6.07, 6.45) is 11.7. The Bertz CT molecular complexity index is 2650. The lowest BCUT2D eigenvalue weighted by molar-refractivity contribution is 0.646. The number of para-hydroxylation sites is 1. The van der Waals surface area contributed by atoms with E-state index in [0.717, 1.165) is 47.5 Å². The number of benzene rings is 6. The third-order valence-corrected chi connectivity index (χ3v) is 11.5. The van der Waals surface area contributed by atoms with Crippen molar-refractivity contribution in [2.45, 2.75) is 52.4 Å². The summed E-state index contributed by atoms with van der Waals surface area (Å²) in [6, 6.07) is 53.7. The molecule has 0 fully saturated rings. The normalized spacial score (nSPS) is 13.5. The van der Waals surface area contributed by atoms with E-state index in [1.54, 1.807) is 0 Å². The van der Waals surface area contributed by atoms with Crippen LogP contribution in [0.25, 0.3) is 56.3 Å². The number of nitrogens with zero attached hydrogens (tertiary/aromatic N) is 3. The van der Waals surface area contributed by atoms with Gasteiger partial charge >= 0.3 is 0 Å². The van der Waals surface area contributed by atoms with Crippen LogP contribution >= 0.6 is 0 Å². The van der Waals surface area contributed by atoms with E-state index in [9.17, 15) is 0 Å². The number of aromatic nitrogens is 3. The SMILES string of the molecule is CC.CC(C)Cc1ccc(C2(c3cccc(-c4cnc(-c5ccc(-n6c7c(c8ccccc86)CCC=C7)cc5)nc4)c3)c3ccccc3-c3ccccc32)cc1. The van der Waals surface area contributed by atoms with E-state index in [0.29, 0.717) is 5.92 Å². The standard InChI is InChI=1S/C51H41N3.C2H6/c1-34(2)30-35-22-26-39(27-23-35)51(46-18-7-3-14-42(46)43-15-4-8-19-47(43)51)40-13-11-12-37(31-40)38-32-52-50(53-33-38)36-24-28-41(29-25-36)54-48-20-9-5-16-44(48)45-17-6-10-21-49(45)54;1-2/h3-5,7-16,18-29,31-34H,6,17,30H2,1-2H3;1-2H3. The van der Waals surface area contributed by atoms with Crippen LogP contribution in [-0.2, 0) is 18.3 Å². The Balaban J connectivity index is 0.00000202. The van der Waals surface area contributed by atoms with Gasteiger partial charge < -0.3 is 4.57 Å². The number of hydrogen-bond donors (Lipinski definition) is 0. The van der Waals surface area contributed by atoms with Crippen molar-refractivity contribution in [3.05, 3.63) is 203 Å². The van der Waals surface area contributed by atoms with Gasteiger partial charge in [0.25, 0.3) is 0 Å².